The predicted octanol–water partition coefficient (Wildman–Crippen LogP) is 12.8. The van der Waals surface area contributed by atoms with E-state index >= 15 is 0 Å². The number of rotatable bonds is 8. The fraction of sp³-hybridized carbons (Fsp3) is 0.0377. The quantitative estimate of drug-likeness (QED) is 0.155. The first kappa shape index (κ1) is 35.6. The van der Waals surface area contributed by atoms with Crippen molar-refractivity contribution in [2.45, 2.75) is 12.8 Å². The van der Waals surface area contributed by atoms with Crippen LogP contribution in [0, 0.1) is 0 Å². The van der Waals surface area contributed by atoms with E-state index in [0.29, 0.717) is 23.2 Å². The number of benzene rings is 7. The SMILES string of the molecule is Nc1cccc(-c2ccccc2-c2nc(-c3ccccc3)nc(-c3ccccc3-c3cccc(-c4ccccc4-c4nc(C5=CCCC=C5)nc5ccccc45)c3)n2)c1. The highest BCUT2D eigenvalue weighted by molar-refractivity contribution is 5.98. The summed E-state index contributed by atoms with van der Waals surface area (Å²) in [6, 6.07) is 60.0. The number of allylic oxidation sites excluding steroid dienone is 4. The molecule has 0 aliphatic heterocycles. The van der Waals surface area contributed by atoms with Crippen molar-refractivity contribution < 1.29 is 0 Å². The van der Waals surface area contributed by atoms with Crippen LogP contribution in [0.1, 0.15) is 18.7 Å². The Balaban J connectivity index is 1.11. The molecule has 0 atom stereocenters. The van der Waals surface area contributed by atoms with Gasteiger partial charge in [0.1, 0.15) is 0 Å². The Morgan fingerprint density at radius 3 is 1.54 bits per heavy atom. The lowest BCUT2D eigenvalue weighted by atomic mass is 9.92. The van der Waals surface area contributed by atoms with E-state index in [0.717, 1.165) is 96.5 Å². The zero-order valence-corrected chi connectivity index (χ0v) is 32.2. The van der Waals surface area contributed by atoms with E-state index in [1.165, 1.54) is 0 Å². The second kappa shape index (κ2) is 15.6. The molecule has 0 unspecified atom stereocenters. The fourth-order valence-electron chi connectivity index (χ4n) is 7.88. The van der Waals surface area contributed by atoms with Gasteiger partial charge in [-0.15, -0.1) is 0 Å². The van der Waals surface area contributed by atoms with Gasteiger partial charge in [0.15, 0.2) is 23.3 Å². The molecule has 6 nitrogen and oxygen atoms in total. The molecular formula is C53H38N6. The van der Waals surface area contributed by atoms with Crippen molar-refractivity contribution in [1.82, 2.24) is 24.9 Å². The van der Waals surface area contributed by atoms with Gasteiger partial charge >= 0.3 is 0 Å². The van der Waals surface area contributed by atoms with Crippen LogP contribution >= 0.6 is 0 Å². The van der Waals surface area contributed by atoms with Crippen LogP contribution in [0.25, 0.3) is 95.3 Å². The minimum atomic E-state index is 0.584. The topological polar surface area (TPSA) is 90.5 Å². The van der Waals surface area contributed by atoms with Gasteiger partial charge in [0, 0.05) is 38.9 Å². The molecule has 0 fully saturated rings. The molecule has 0 spiro atoms. The Kier molecular flexibility index (Phi) is 9.41. The van der Waals surface area contributed by atoms with Gasteiger partial charge in [-0.2, -0.15) is 0 Å². The monoisotopic (exact) mass is 758 g/mol. The highest BCUT2D eigenvalue weighted by atomic mass is 15.0. The Morgan fingerprint density at radius 2 is 0.898 bits per heavy atom. The lowest BCUT2D eigenvalue weighted by molar-refractivity contribution is 1.03. The molecule has 6 heteroatoms. The van der Waals surface area contributed by atoms with Crippen molar-refractivity contribution in [3.63, 3.8) is 0 Å². The average Bonchev–Trinajstić information content (AvgIpc) is 3.31. The van der Waals surface area contributed by atoms with Gasteiger partial charge in [-0.25, -0.2) is 24.9 Å². The molecule has 2 N–H and O–H groups in total. The summed E-state index contributed by atoms with van der Waals surface area (Å²) in [6.07, 6.45) is 8.59. The largest absolute Gasteiger partial charge is 0.399 e. The fourth-order valence-corrected chi connectivity index (χ4v) is 7.88. The van der Waals surface area contributed by atoms with Gasteiger partial charge in [0.2, 0.25) is 0 Å². The summed E-state index contributed by atoms with van der Waals surface area (Å²) in [4.78, 5) is 25.7. The van der Waals surface area contributed by atoms with Gasteiger partial charge < -0.3 is 5.73 Å². The van der Waals surface area contributed by atoms with Crippen LogP contribution in [-0.2, 0) is 0 Å². The minimum absolute atomic E-state index is 0.584. The van der Waals surface area contributed by atoms with Crippen molar-refractivity contribution in [3.8, 4) is 78.8 Å². The zero-order valence-electron chi connectivity index (χ0n) is 32.2. The summed E-state index contributed by atoms with van der Waals surface area (Å²) < 4.78 is 0. The second-order valence-electron chi connectivity index (χ2n) is 14.6. The molecule has 10 rings (SSSR count). The highest BCUT2D eigenvalue weighted by Crippen LogP contribution is 2.40. The molecule has 7 aromatic carbocycles. The number of fused-ring (bicyclic) bond motifs is 1. The first-order valence-electron chi connectivity index (χ1n) is 19.9. The summed E-state index contributed by atoms with van der Waals surface area (Å²) >= 11 is 0. The van der Waals surface area contributed by atoms with E-state index in [1.807, 2.05) is 72.8 Å². The maximum Gasteiger partial charge on any atom is 0.164 e. The first-order chi connectivity index (χ1) is 29.2. The Morgan fingerprint density at radius 1 is 0.373 bits per heavy atom. The molecule has 1 aliphatic carbocycles. The number of nitrogens with two attached hydrogens (primary N) is 1. The lowest BCUT2D eigenvalue weighted by Crippen LogP contribution is -2.02. The number of nitrogens with zero attached hydrogens (tertiary/aromatic N) is 5. The van der Waals surface area contributed by atoms with Crippen LogP contribution in [0.15, 0.2) is 194 Å². The van der Waals surface area contributed by atoms with Crippen molar-refractivity contribution in [1.29, 1.82) is 0 Å². The maximum atomic E-state index is 6.25. The van der Waals surface area contributed by atoms with Gasteiger partial charge in [0.25, 0.3) is 0 Å². The van der Waals surface area contributed by atoms with Gasteiger partial charge in [-0.3, -0.25) is 0 Å². The minimum Gasteiger partial charge on any atom is -0.399 e. The Bertz CT molecular complexity index is 3080. The molecule has 280 valence electrons. The molecule has 0 bridgehead atoms. The molecule has 59 heavy (non-hydrogen) atoms. The summed E-state index contributed by atoms with van der Waals surface area (Å²) in [5.74, 6) is 2.51. The van der Waals surface area contributed by atoms with Crippen LogP contribution in [-0.4, -0.2) is 24.9 Å². The highest BCUT2D eigenvalue weighted by Gasteiger charge is 2.20. The number of hydrogen-bond donors (Lipinski definition) is 1. The van der Waals surface area contributed by atoms with Crippen LogP contribution < -0.4 is 5.73 Å². The Hall–Kier alpha value is -7.83. The molecule has 2 heterocycles. The van der Waals surface area contributed by atoms with Crippen LogP contribution in [0.2, 0.25) is 0 Å². The Labute approximate surface area is 343 Å². The molecule has 0 saturated carbocycles. The normalized spacial score (nSPS) is 12.4. The van der Waals surface area contributed by atoms with Crippen molar-refractivity contribution in [2.24, 2.45) is 0 Å². The number of para-hydroxylation sites is 1. The van der Waals surface area contributed by atoms with E-state index in [1.54, 1.807) is 0 Å². The summed E-state index contributed by atoms with van der Waals surface area (Å²) in [5.41, 5.74) is 19.8. The smallest absolute Gasteiger partial charge is 0.164 e. The van der Waals surface area contributed by atoms with Crippen LogP contribution in [0.3, 0.4) is 0 Å². The molecule has 2 aromatic heterocycles. The van der Waals surface area contributed by atoms with Crippen molar-refractivity contribution in [2.75, 3.05) is 5.73 Å². The third-order valence-corrected chi connectivity index (χ3v) is 10.7. The van der Waals surface area contributed by atoms with Crippen LogP contribution in [0.4, 0.5) is 5.69 Å². The summed E-state index contributed by atoms with van der Waals surface area (Å²) in [6.45, 7) is 0. The summed E-state index contributed by atoms with van der Waals surface area (Å²) in [7, 11) is 0. The molecule has 0 radical (unpaired) electrons. The molecular weight excluding hydrogens is 721 g/mol. The van der Waals surface area contributed by atoms with Crippen LogP contribution in [0.5, 0.6) is 0 Å². The number of anilines is 1. The summed E-state index contributed by atoms with van der Waals surface area (Å²) in [5, 5.41) is 1.02. The van der Waals surface area contributed by atoms with Crippen molar-refractivity contribution >= 4 is 22.2 Å². The van der Waals surface area contributed by atoms with Gasteiger partial charge in [0.05, 0.1) is 11.2 Å². The third-order valence-electron chi connectivity index (χ3n) is 10.7. The number of hydrogen-bond acceptors (Lipinski definition) is 6. The number of nitrogen functional groups attached to an aromatic ring is 1. The zero-order chi connectivity index (χ0) is 39.5. The molecule has 0 amide bonds. The average molecular weight is 759 g/mol. The predicted molar refractivity (Wildman–Crippen MR) is 242 cm³/mol. The molecule has 0 saturated heterocycles. The van der Waals surface area contributed by atoms with E-state index in [9.17, 15) is 0 Å². The third kappa shape index (κ3) is 7.09. The maximum absolute atomic E-state index is 6.25. The van der Waals surface area contributed by atoms with Gasteiger partial charge in [-0.05, 0) is 70.5 Å². The van der Waals surface area contributed by atoms with E-state index in [4.69, 9.17) is 30.7 Å². The van der Waals surface area contributed by atoms with Gasteiger partial charge in [-0.1, -0.05) is 170 Å². The molecule has 1 aliphatic rings. The lowest BCUT2D eigenvalue weighted by Gasteiger charge is -2.16. The first-order valence-corrected chi connectivity index (χ1v) is 19.9. The number of aromatic nitrogens is 5. The van der Waals surface area contributed by atoms with E-state index < -0.39 is 0 Å². The second-order valence-corrected chi connectivity index (χ2v) is 14.6. The standard InChI is InChI=1S/C53H38N6/c54-40-24-16-23-39(34-40)43-27-9-12-30-46(43)53-58-51(36-19-5-2-6-20-36)57-52(59-53)45-29-11-8-26-42(45)38-22-15-21-37(33-38)41-25-7-10-28-44(41)49-47-31-13-14-32-48(47)55-50(56-49)35-17-3-1-4-18-35/h2-3,5-34H,1,4,54H2. The van der Waals surface area contributed by atoms with E-state index in [2.05, 4.69) is 121 Å². The molecule has 9 aromatic rings. The van der Waals surface area contributed by atoms with Crippen molar-refractivity contribution in [3.05, 3.63) is 200 Å². The van der Waals surface area contributed by atoms with E-state index in [-0.39, 0.29) is 0 Å².